The fraction of sp³-hybridized carbons (Fsp3) is 0.625. The average molecular weight is 360 g/mol. The van der Waals surface area contributed by atoms with Crippen LogP contribution in [0.2, 0.25) is 5.02 Å². The zero-order valence-electron chi connectivity index (χ0n) is 12.3. The molecule has 4 heteroatoms. The van der Waals surface area contributed by atoms with Gasteiger partial charge in [0.15, 0.2) is 0 Å². The van der Waals surface area contributed by atoms with Gasteiger partial charge in [-0.25, -0.2) is 0 Å². The van der Waals surface area contributed by atoms with E-state index in [1.54, 1.807) is 0 Å². The van der Waals surface area contributed by atoms with Gasteiger partial charge < -0.3 is 5.32 Å². The molecule has 1 aromatic carbocycles. The van der Waals surface area contributed by atoms with E-state index in [1.165, 1.54) is 31.5 Å². The maximum absolute atomic E-state index is 6.32. The van der Waals surface area contributed by atoms with Gasteiger partial charge in [-0.15, -0.1) is 0 Å². The van der Waals surface area contributed by atoms with Gasteiger partial charge in [-0.2, -0.15) is 0 Å². The second-order valence-electron chi connectivity index (χ2n) is 6.04. The van der Waals surface area contributed by atoms with Gasteiger partial charge in [-0.05, 0) is 49.5 Å². The molecule has 1 saturated heterocycles. The van der Waals surface area contributed by atoms with E-state index >= 15 is 0 Å². The summed E-state index contributed by atoms with van der Waals surface area (Å²) in [7, 11) is 0. The number of piperidine rings is 1. The summed E-state index contributed by atoms with van der Waals surface area (Å²) in [6, 6.07) is 6.76. The van der Waals surface area contributed by atoms with Crippen LogP contribution in [-0.4, -0.2) is 30.6 Å². The number of rotatable bonds is 5. The maximum atomic E-state index is 6.32. The second kappa shape index (κ2) is 7.79. The molecule has 1 atom stereocenters. The fourth-order valence-corrected chi connectivity index (χ4v) is 3.49. The van der Waals surface area contributed by atoms with Crippen molar-refractivity contribution >= 4 is 27.5 Å². The molecule has 1 heterocycles. The maximum Gasteiger partial charge on any atom is 0.0462 e. The Balaban J connectivity index is 1.89. The number of nitrogens with one attached hydrogen (secondary N) is 1. The molecule has 2 nitrogen and oxygen atoms in total. The third-order valence-corrected chi connectivity index (χ3v) is 4.67. The van der Waals surface area contributed by atoms with Gasteiger partial charge in [0, 0.05) is 28.6 Å². The van der Waals surface area contributed by atoms with E-state index in [9.17, 15) is 0 Å². The van der Waals surface area contributed by atoms with Crippen molar-refractivity contribution in [2.45, 2.75) is 39.3 Å². The predicted octanol–water partition coefficient (Wildman–Crippen LogP) is 4.31. The first kappa shape index (κ1) is 16.3. The van der Waals surface area contributed by atoms with Crippen LogP contribution >= 0.6 is 27.5 Å². The Kier molecular flexibility index (Phi) is 6.34. The van der Waals surface area contributed by atoms with Crippen molar-refractivity contribution in [2.75, 3.05) is 19.6 Å². The lowest BCUT2D eigenvalue weighted by atomic mass is 9.97. The Bertz CT molecular complexity index is 436. The molecular weight excluding hydrogens is 336 g/mol. The topological polar surface area (TPSA) is 15.3 Å². The molecule has 0 amide bonds. The molecule has 1 aliphatic heterocycles. The SMILES string of the molecule is CC(C)NCC1CCCN(Cc2ccc(Br)cc2Cl)C1. The Labute approximate surface area is 136 Å². The van der Waals surface area contributed by atoms with E-state index in [2.05, 4.69) is 52.1 Å². The molecule has 0 aliphatic carbocycles. The van der Waals surface area contributed by atoms with E-state index in [0.29, 0.717) is 6.04 Å². The molecule has 0 bridgehead atoms. The number of hydrogen-bond donors (Lipinski definition) is 1. The molecule has 1 fully saturated rings. The van der Waals surface area contributed by atoms with Crippen LogP contribution in [0.15, 0.2) is 22.7 Å². The minimum atomic E-state index is 0.575. The Hall–Kier alpha value is -0.0900. The number of hydrogen-bond acceptors (Lipinski definition) is 2. The van der Waals surface area contributed by atoms with Crippen molar-refractivity contribution in [3.05, 3.63) is 33.3 Å². The largest absolute Gasteiger partial charge is 0.314 e. The van der Waals surface area contributed by atoms with E-state index in [0.717, 1.165) is 28.5 Å². The Morgan fingerprint density at radius 2 is 2.25 bits per heavy atom. The molecule has 1 aliphatic rings. The van der Waals surface area contributed by atoms with Gasteiger partial charge >= 0.3 is 0 Å². The first-order chi connectivity index (χ1) is 9.54. The van der Waals surface area contributed by atoms with Crippen molar-refractivity contribution < 1.29 is 0 Å². The highest BCUT2D eigenvalue weighted by molar-refractivity contribution is 9.10. The average Bonchev–Trinajstić information content (AvgIpc) is 2.40. The highest BCUT2D eigenvalue weighted by Crippen LogP contribution is 2.24. The summed E-state index contributed by atoms with van der Waals surface area (Å²) in [5.41, 5.74) is 1.23. The molecule has 20 heavy (non-hydrogen) atoms. The Morgan fingerprint density at radius 1 is 1.45 bits per heavy atom. The quantitative estimate of drug-likeness (QED) is 0.842. The van der Waals surface area contributed by atoms with Gasteiger partial charge in [-0.3, -0.25) is 4.90 Å². The number of halogens is 2. The molecule has 0 aromatic heterocycles. The summed E-state index contributed by atoms with van der Waals surface area (Å²) in [6.07, 6.45) is 2.63. The Morgan fingerprint density at radius 3 is 2.95 bits per heavy atom. The van der Waals surface area contributed by atoms with Crippen LogP contribution in [0.3, 0.4) is 0 Å². The molecule has 2 rings (SSSR count). The predicted molar refractivity (Wildman–Crippen MR) is 90.3 cm³/mol. The standard InChI is InChI=1S/C16H24BrClN2/c1-12(2)19-9-13-4-3-7-20(10-13)11-14-5-6-15(17)8-16(14)18/h5-6,8,12-13,19H,3-4,7,9-11H2,1-2H3. The van der Waals surface area contributed by atoms with Crippen LogP contribution in [0, 0.1) is 5.92 Å². The summed E-state index contributed by atoms with van der Waals surface area (Å²) >= 11 is 9.78. The van der Waals surface area contributed by atoms with Crippen molar-refractivity contribution in [1.29, 1.82) is 0 Å². The molecule has 0 saturated carbocycles. The van der Waals surface area contributed by atoms with Crippen LogP contribution in [0.25, 0.3) is 0 Å². The number of likely N-dealkylation sites (tertiary alicyclic amines) is 1. The fourth-order valence-electron chi connectivity index (χ4n) is 2.75. The minimum absolute atomic E-state index is 0.575. The van der Waals surface area contributed by atoms with Crippen molar-refractivity contribution in [3.63, 3.8) is 0 Å². The summed E-state index contributed by atoms with van der Waals surface area (Å²) in [5, 5.41) is 4.42. The molecule has 1 unspecified atom stereocenters. The van der Waals surface area contributed by atoms with E-state index in [-0.39, 0.29) is 0 Å². The van der Waals surface area contributed by atoms with Crippen molar-refractivity contribution in [2.24, 2.45) is 5.92 Å². The van der Waals surface area contributed by atoms with Crippen LogP contribution in [0.5, 0.6) is 0 Å². The number of nitrogens with zero attached hydrogens (tertiary/aromatic N) is 1. The molecule has 0 spiro atoms. The third-order valence-electron chi connectivity index (χ3n) is 3.83. The number of benzene rings is 1. The monoisotopic (exact) mass is 358 g/mol. The van der Waals surface area contributed by atoms with E-state index in [1.807, 2.05) is 6.07 Å². The molecule has 1 N–H and O–H groups in total. The van der Waals surface area contributed by atoms with Crippen molar-refractivity contribution in [3.8, 4) is 0 Å². The van der Waals surface area contributed by atoms with Crippen LogP contribution in [-0.2, 0) is 6.54 Å². The first-order valence-electron chi connectivity index (χ1n) is 7.44. The van der Waals surface area contributed by atoms with Crippen LogP contribution < -0.4 is 5.32 Å². The molecule has 112 valence electrons. The van der Waals surface area contributed by atoms with Crippen LogP contribution in [0.1, 0.15) is 32.3 Å². The zero-order chi connectivity index (χ0) is 14.5. The third kappa shape index (κ3) is 5.03. The van der Waals surface area contributed by atoms with Gasteiger partial charge in [0.1, 0.15) is 0 Å². The lowest BCUT2D eigenvalue weighted by molar-refractivity contribution is 0.164. The van der Waals surface area contributed by atoms with Gasteiger partial charge in [0.25, 0.3) is 0 Å². The zero-order valence-corrected chi connectivity index (χ0v) is 14.7. The molecular formula is C16H24BrClN2. The molecule has 0 radical (unpaired) electrons. The minimum Gasteiger partial charge on any atom is -0.314 e. The van der Waals surface area contributed by atoms with E-state index < -0.39 is 0 Å². The molecule has 1 aromatic rings. The second-order valence-corrected chi connectivity index (χ2v) is 7.36. The van der Waals surface area contributed by atoms with E-state index in [4.69, 9.17) is 11.6 Å². The summed E-state index contributed by atoms with van der Waals surface area (Å²) < 4.78 is 1.05. The first-order valence-corrected chi connectivity index (χ1v) is 8.61. The van der Waals surface area contributed by atoms with Crippen LogP contribution in [0.4, 0.5) is 0 Å². The lowest BCUT2D eigenvalue weighted by Crippen LogP contribution is -2.40. The highest BCUT2D eigenvalue weighted by atomic mass is 79.9. The van der Waals surface area contributed by atoms with Gasteiger partial charge in [0.05, 0.1) is 0 Å². The van der Waals surface area contributed by atoms with Crippen molar-refractivity contribution in [1.82, 2.24) is 10.2 Å². The summed E-state index contributed by atoms with van der Waals surface area (Å²) in [4.78, 5) is 2.53. The van der Waals surface area contributed by atoms with Gasteiger partial charge in [0.2, 0.25) is 0 Å². The lowest BCUT2D eigenvalue weighted by Gasteiger charge is -2.33. The normalized spacial score (nSPS) is 20.6. The smallest absolute Gasteiger partial charge is 0.0462 e. The summed E-state index contributed by atoms with van der Waals surface area (Å²) in [5.74, 6) is 0.764. The highest BCUT2D eigenvalue weighted by Gasteiger charge is 2.20. The van der Waals surface area contributed by atoms with Gasteiger partial charge in [-0.1, -0.05) is 47.4 Å². The summed E-state index contributed by atoms with van der Waals surface area (Å²) in [6.45, 7) is 8.87.